The van der Waals surface area contributed by atoms with E-state index in [-0.39, 0.29) is 23.5 Å². The largest absolute Gasteiger partial charge is 0.435 e. The highest BCUT2D eigenvalue weighted by atomic mass is 19.3. The van der Waals surface area contributed by atoms with E-state index in [0.29, 0.717) is 6.42 Å². The van der Waals surface area contributed by atoms with Crippen LogP contribution in [0.2, 0.25) is 0 Å². The van der Waals surface area contributed by atoms with E-state index in [2.05, 4.69) is 16.7 Å². The van der Waals surface area contributed by atoms with Crippen LogP contribution in [0, 0.1) is 5.92 Å². The van der Waals surface area contributed by atoms with Crippen molar-refractivity contribution in [1.29, 1.82) is 0 Å². The lowest BCUT2D eigenvalue weighted by Gasteiger charge is -2.33. The molecule has 1 aliphatic heterocycles. The van der Waals surface area contributed by atoms with Gasteiger partial charge in [0.15, 0.2) is 11.5 Å². The molecule has 0 fully saturated rings. The van der Waals surface area contributed by atoms with Crippen molar-refractivity contribution in [3.63, 3.8) is 0 Å². The standard InChI is InChI=1S/C21H25F2N3O2/c1-3-4-6-14-7-5-8-16(13-14)21(18(27)26(2)20(24)25-21)15-9-11-17(12-10-15)28-19(22)23/h5,7-9,11-13,15,19H,3-4,6,10H2,1-2H3,(H2,24,25)/t15?,21-/m1/s1. The molecule has 0 saturated heterocycles. The zero-order valence-corrected chi connectivity index (χ0v) is 16.1. The van der Waals surface area contributed by atoms with Gasteiger partial charge in [-0.05, 0) is 42.5 Å². The van der Waals surface area contributed by atoms with Crippen molar-refractivity contribution in [1.82, 2.24) is 4.90 Å². The minimum atomic E-state index is -2.88. The molecule has 0 spiro atoms. The third-order valence-corrected chi connectivity index (χ3v) is 5.28. The fourth-order valence-electron chi connectivity index (χ4n) is 3.75. The third kappa shape index (κ3) is 3.66. The molecule has 1 amide bonds. The number of nitrogens with zero attached hydrogens (tertiary/aromatic N) is 2. The van der Waals surface area contributed by atoms with Crippen LogP contribution in [-0.2, 0) is 21.5 Å². The number of nitrogens with two attached hydrogens (primary N) is 1. The van der Waals surface area contributed by atoms with Crippen molar-refractivity contribution in [2.75, 3.05) is 7.05 Å². The summed E-state index contributed by atoms with van der Waals surface area (Å²) in [6, 6.07) is 7.85. The third-order valence-electron chi connectivity index (χ3n) is 5.28. The Morgan fingerprint density at radius 2 is 2.21 bits per heavy atom. The number of allylic oxidation sites excluding steroid dienone is 2. The lowest BCUT2D eigenvalue weighted by molar-refractivity contribution is -0.132. The number of carbonyl (C=O) groups excluding carboxylic acids is 1. The number of aliphatic imine (C=N–C) groups is 1. The zero-order chi connectivity index (χ0) is 20.3. The number of alkyl halides is 2. The summed E-state index contributed by atoms with van der Waals surface area (Å²) in [6.45, 7) is -0.756. The summed E-state index contributed by atoms with van der Waals surface area (Å²) in [5, 5.41) is 0. The molecule has 150 valence electrons. The number of ether oxygens (including phenoxy) is 1. The fourth-order valence-corrected chi connectivity index (χ4v) is 3.75. The summed E-state index contributed by atoms with van der Waals surface area (Å²) in [7, 11) is 1.59. The first-order valence-electron chi connectivity index (χ1n) is 9.44. The van der Waals surface area contributed by atoms with Gasteiger partial charge in [0.25, 0.3) is 5.91 Å². The van der Waals surface area contributed by atoms with Gasteiger partial charge in [-0.2, -0.15) is 8.78 Å². The molecule has 1 aromatic rings. The number of amides is 1. The predicted molar refractivity (Wildman–Crippen MR) is 104 cm³/mol. The number of carbonyl (C=O) groups is 1. The van der Waals surface area contributed by atoms with Crippen molar-refractivity contribution < 1.29 is 18.3 Å². The smallest absolute Gasteiger partial charge is 0.387 e. The number of unbranched alkanes of at least 4 members (excludes halogenated alkanes) is 1. The topological polar surface area (TPSA) is 67.9 Å². The molecular weight excluding hydrogens is 364 g/mol. The molecule has 0 radical (unpaired) electrons. The van der Waals surface area contributed by atoms with Crippen molar-refractivity contribution >= 4 is 11.9 Å². The Labute approximate surface area is 163 Å². The molecule has 2 atom stereocenters. The predicted octanol–water partition coefficient (Wildman–Crippen LogP) is 3.71. The normalized spacial score (nSPS) is 24.5. The monoisotopic (exact) mass is 389 g/mol. The number of halogens is 2. The number of hydrogen-bond donors (Lipinski definition) is 1. The summed E-state index contributed by atoms with van der Waals surface area (Å²) >= 11 is 0. The van der Waals surface area contributed by atoms with Crippen molar-refractivity contribution in [3.8, 4) is 0 Å². The summed E-state index contributed by atoms with van der Waals surface area (Å²) < 4.78 is 29.4. The van der Waals surface area contributed by atoms with E-state index in [1.165, 1.54) is 11.0 Å². The van der Waals surface area contributed by atoms with Gasteiger partial charge in [0.1, 0.15) is 5.76 Å². The van der Waals surface area contributed by atoms with E-state index in [1.54, 1.807) is 19.2 Å². The summed E-state index contributed by atoms with van der Waals surface area (Å²) in [5.74, 6) is -0.335. The maximum absolute atomic E-state index is 13.2. The molecule has 5 nitrogen and oxygen atoms in total. The van der Waals surface area contributed by atoms with Gasteiger partial charge in [-0.25, -0.2) is 4.99 Å². The number of rotatable bonds is 7. The minimum Gasteiger partial charge on any atom is -0.435 e. The highest BCUT2D eigenvalue weighted by Gasteiger charge is 2.52. The van der Waals surface area contributed by atoms with Crippen LogP contribution in [0.15, 0.2) is 53.2 Å². The number of likely N-dealkylation sites (N-methyl/N-ethyl adjacent to an activating group) is 1. The van der Waals surface area contributed by atoms with Gasteiger partial charge in [-0.3, -0.25) is 9.69 Å². The van der Waals surface area contributed by atoms with Crippen molar-refractivity contribution in [2.24, 2.45) is 16.6 Å². The van der Waals surface area contributed by atoms with Gasteiger partial charge >= 0.3 is 6.61 Å². The summed E-state index contributed by atoms with van der Waals surface area (Å²) in [5.41, 5.74) is 6.68. The maximum atomic E-state index is 13.2. The van der Waals surface area contributed by atoms with Crippen molar-refractivity contribution in [3.05, 3.63) is 59.4 Å². The van der Waals surface area contributed by atoms with E-state index in [0.717, 1.165) is 30.4 Å². The Bertz CT molecular complexity index is 835. The molecule has 1 aromatic carbocycles. The van der Waals surface area contributed by atoms with Gasteiger partial charge in [0.2, 0.25) is 0 Å². The Hall–Kier alpha value is -2.70. The molecule has 7 heteroatoms. The zero-order valence-electron chi connectivity index (χ0n) is 16.1. The van der Waals surface area contributed by atoms with E-state index in [9.17, 15) is 13.6 Å². The second-order valence-electron chi connectivity index (χ2n) is 7.09. The maximum Gasteiger partial charge on any atom is 0.387 e. The average molecular weight is 389 g/mol. The van der Waals surface area contributed by atoms with Crippen LogP contribution in [0.3, 0.4) is 0 Å². The molecule has 2 aliphatic rings. The Morgan fingerprint density at radius 3 is 2.79 bits per heavy atom. The van der Waals surface area contributed by atoms with Crippen molar-refractivity contribution in [2.45, 2.75) is 44.8 Å². The Kier molecular flexibility index (Phi) is 5.82. The second kappa shape index (κ2) is 8.12. The highest BCUT2D eigenvalue weighted by molar-refractivity contribution is 6.07. The SMILES string of the molecule is CCCCc1cccc([C@@]2(C3C=CC(OC(F)F)=CC3)N=C(N)N(C)C2=O)c1. The fraction of sp³-hybridized carbons (Fsp3) is 0.429. The second-order valence-corrected chi connectivity index (χ2v) is 7.09. The molecular formula is C21H25F2N3O2. The molecule has 3 rings (SSSR count). The van der Waals surface area contributed by atoms with Gasteiger partial charge in [0.05, 0.1) is 0 Å². The molecule has 0 aromatic heterocycles. The first-order valence-corrected chi connectivity index (χ1v) is 9.44. The van der Waals surface area contributed by atoms with Crippen LogP contribution in [0.4, 0.5) is 8.78 Å². The molecule has 1 unspecified atom stereocenters. The average Bonchev–Trinajstić information content (AvgIpc) is 2.92. The number of guanidine groups is 1. The Morgan fingerprint density at radius 1 is 1.43 bits per heavy atom. The highest BCUT2D eigenvalue weighted by Crippen LogP contribution is 2.43. The molecule has 1 heterocycles. The summed E-state index contributed by atoms with van der Waals surface area (Å²) in [4.78, 5) is 19.2. The van der Waals surface area contributed by atoms with Crippen LogP contribution in [-0.4, -0.2) is 30.4 Å². The Balaban J connectivity index is 1.99. The van der Waals surface area contributed by atoms with E-state index in [1.807, 2.05) is 24.3 Å². The van der Waals surface area contributed by atoms with E-state index in [4.69, 9.17) is 5.73 Å². The number of benzene rings is 1. The van der Waals surface area contributed by atoms with Gasteiger partial charge in [-0.1, -0.05) is 43.7 Å². The van der Waals surface area contributed by atoms with Crippen LogP contribution < -0.4 is 5.73 Å². The number of aryl methyl sites for hydroxylation is 1. The van der Waals surface area contributed by atoms with Gasteiger partial charge < -0.3 is 10.5 Å². The van der Waals surface area contributed by atoms with Crippen LogP contribution in [0.1, 0.15) is 37.3 Å². The van der Waals surface area contributed by atoms with Crippen LogP contribution in [0.25, 0.3) is 0 Å². The molecule has 28 heavy (non-hydrogen) atoms. The number of hydrogen-bond acceptors (Lipinski definition) is 4. The molecule has 2 N–H and O–H groups in total. The molecule has 0 bridgehead atoms. The first kappa shape index (κ1) is 20.0. The molecule has 0 saturated carbocycles. The lowest BCUT2D eigenvalue weighted by Crippen LogP contribution is -2.44. The van der Waals surface area contributed by atoms with E-state index < -0.39 is 12.2 Å². The minimum absolute atomic E-state index is 0.0915. The first-order chi connectivity index (χ1) is 13.4. The quantitative estimate of drug-likeness (QED) is 0.773. The van der Waals surface area contributed by atoms with Crippen LogP contribution in [0.5, 0.6) is 0 Å². The lowest BCUT2D eigenvalue weighted by atomic mass is 9.74. The molecule has 1 aliphatic carbocycles. The van der Waals surface area contributed by atoms with Gasteiger partial charge in [-0.15, -0.1) is 0 Å². The van der Waals surface area contributed by atoms with E-state index >= 15 is 0 Å². The van der Waals surface area contributed by atoms with Gasteiger partial charge in [0, 0.05) is 13.0 Å². The van der Waals surface area contributed by atoms with Crippen LogP contribution >= 0.6 is 0 Å². The summed E-state index contributed by atoms with van der Waals surface area (Å²) in [6.07, 6.45) is 8.13.